The van der Waals surface area contributed by atoms with Crippen LogP contribution in [0.2, 0.25) is 0 Å². The highest BCUT2D eigenvalue weighted by Gasteiger charge is 2.29. The maximum atomic E-state index is 12.0. The molecule has 0 bridgehead atoms. The highest BCUT2D eigenvalue weighted by atomic mass is 16.5. The molecular formula is C16H30N2O2. The van der Waals surface area contributed by atoms with E-state index in [-0.39, 0.29) is 5.92 Å². The Morgan fingerprint density at radius 1 is 1.15 bits per heavy atom. The van der Waals surface area contributed by atoms with Crippen molar-refractivity contribution in [1.29, 1.82) is 0 Å². The van der Waals surface area contributed by atoms with Crippen molar-refractivity contribution < 1.29 is 9.53 Å². The Balaban J connectivity index is 1.77. The minimum atomic E-state index is 0.121. The van der Waals surface area contributed by atoms with Crippen LogP contribution in [0.5, 0.6) is 0 Å². The summed E-state index contributed by atoms with van der Waals surface area (Å²) < 4.78 is 5.61. The number of rotatable bonds is 4. The molecule has 4 heteroatoms. The summed E-state index contributed by atoms with van der Waals surface area (Å²) in [7, 11) is 1.83. The molecule has 0 aromatic rings. The molecule has 1 saturated heterocycles. The van der Waals surface area contributed by atoms with Crippen molar-refractivity contribution in [3.05, 3.63) is 0 Å². The summed E-state index contributed by atoms with van der Waals surface area (Å²) in [5.41, 5.74) is 0. The summed E-state index contributed by atoms with van der Waals surface area (Å²) in [4.78, 5) is 14.0. The van der Waals surface area contributed by atoms with E-state index in [1.807, 2.05) is 25.9 Å². The van der Waals surface area contributed by atoms with Crippen molar-refractivity contribution in [2.45, 2.75) is 70.6 Å². The van der Waals surface area contributed by atoms with E-state index in [4.69, 9.17) is 4.74 Å². The van der Waals surface area contributed by atoms with Crippen LogP contribution in [-0.2, 0) is 9.53 Å². The molecule has 1 saturated carbocycles. The Labute approximate surface area is 123 Å². The number of nitrogens with one attached hydrogen (secondary N) is 1. The minimum absolute atomic E-state index is 0.121. The van der Waals surface area contributed by atoms with Gasteiger partial charge in [0, 0.05) is 38.2 Å². The molecule has 0 radical (unpaired) electrons. The summed E-state index contributed by atoms with van der Waals surface area (Å²) in [6, 6.07) is 1.05. The number of piperidine rings is 1. The molecule has 1 aliphatic carbocycles. The zero-order valence-electron chi connectivity index (χ0n) is 13.2. The fourth-order valence-electron chi connectivity index (χ4n) is 3.50. The van der Waals surface area contributed by atoms with E-state index in [0.29, 0.717) is 24.1 Å². The second-order valence-electron chi connectivity index (χ2n) is 6.59. The van der Waals surface area contributed by atoms with Gasteiger partial charge in [0.05, 0.1) is 6.10 Å². The molecule has 0 aromatic carbocycles. The molecule has 1 N–H and O–H groups in total. The SMILES string of the molecule is COC1CCCCC1NC1CCN(C(=O)C(C)C)CC1. The highest BCUT2D eigenvalue weighted by molar-refractivity contribution is 5.78. The van der Waals surface area contributed by atoms with Crippen molar-refractivity contribution >= 4 is 5.91 Å². The quantitative estimate of drug-likeness (QED) is 0.859. The zero-order chi connectivity index (χ0) is 14.5. The molecule has 4 nitrogen and oxygen atoms in total. The van der Waals surface area contributed by atoms with Crippen LogP contribution in [-0.4, -0.2) is 49.2 Å². The lowest BCUT2D eigenvalue weighted by Gasteiger charge is -2.38. The van der Waals surface area contributed by atoms with Crippen LogP contribution in [0.1, 0.15) is 52.4 Å². The van der Waals surface area contributed by atoms with Gasteiger partial charge in [-0.1, -0.05) is 26.7 Å². The monoisotopic (exact) mass is 282 g/mol. The fraction of sp³-hybridized carbons (Fsp3) is 0.938. The van der Waals surface area contributed by atoms with Crippen LogP contribution in [0.15, 0.2) is 0 Å². The van der Waals surface area contributed by atoms with Gasteiger partial charge in [-0.25, -0.2) is 0 Å². The molecule has 20 heavy (non-hydrogen) atoms. The molecule has 1 amide bonds. The number of ether oxygens (including phenoxy) is 1. The third kappa shape index (κ3) is 3.95. The van der Waals surface area contributed by atoms with Crippen molar-refractivity contribution in [3.63, 3.8) is 0 Å². The third-order valence-corrected chi connectivity index (χ3v) is 4.76. The number of nitrogens with zero attached hydrogens (tertiary/aromatic N) is 1. The lowest BCUT2D eigenvalue weighted by Crippen LogP contribution is -2.52. The lowest BCUT2D eigenvalue weighted by atomic mass is 9.90. The van der Waals surface area contributed by atoms with Crippen LogP contribution in [0.3, 0.4) is 0 Å². The van der Waals surface area contributed by atoms with Crippen LogP contribution in [0.25, 0.3) is 0 Å². The van der Waals surface area contributed by atoms with Gasteiger partial charge in [0.1, 0.15) is 0 Å². The van der Waals surface area contributed by atoms with Crippen LogP contribution in [0.4, 0.5) is 0 Å². The average molecular weight is 282 g/mol. The van der Waals surface area contributed by atoms with Gasteiger partial charge < -0.3 is 15.0 Å². The smallest absolute Gasteiger partial charge is 0.225 e. The van der Waals surface area contributed by atoms with Gasteiger partial charge in [-0.15, -0.1) is 0 Å². The van der Waals surface area contributed by atoms with Crippen molar-refractivity contribution in [2.75, 3.05) is 20.2 Å². The normalized spacial score (nSPS) is 28.9. The Morgan fingerprint density at radius 3 is 2.40 bits per heavy atom. The maximum absolute atomic E-state index is 12.0. The predicted molar refractivity (Wildman–Crippen MR) is 80.6 cm³/mol. The lowest BCUT2D eigenvalue weighted by molar-refractivity contribution is -0.135. The Morgan fingerprint density at radius 2 is 1.80 bits per heavy atom. The molecule has 2 unspecified atom stereocenters. The standard InChI is InChI=1S/C16H30N2O2/c1-12(2)16(19)18-10-8-13(9-11-18)17-14-6-4-5-7-15(14)20-3/h12-15,17H,4-11H2,1-3H3. The summed E-state index contributed by atoms with van der Waals surface area (Å²) in [5, 5.41) is 3.78. The molecule has 2 fully saturated rings. The number of hydrogen-bond acceptors (Lipinski definition) is 3. The Hall–Kier alpha value is -0.610. The van der Waals surface area contributed by atoms with Crippen LogP contribution >= 0.6 is 0 Å². The van der Waals surface area contributed by atoms with Gasteiger partial charge >= 0.3 is 0 Å². The van der Waals surface area contributed by atoms with Gasteiger partial charge in [0.25, 0.3) is 0 Å². The van der Waals surface area contributed by atoms with Crippen LogP contribution in [0, 0.1) is 5.92 Å². The molecule has 2 aliphatic rings. The summed E-state index contributed by atoms with van der Waals surface area (Å²) in [6.45, 7) is 5.77. The number of methoxy groups -OCH3 is 1. The third-order valence-electron chi connectivity index (χ3n) is 4.76. The van der Waals surface area contributed by atoms with E-state index < -0.39 is 0 Å². The minimum Gasteiger partial charge on any atom is -0.380 e. The number of hydrogen-bond donors (Lipinski definition) is 1. The van der Waals surface area contributed by atoms with Gasteiger partial charge in [-0.2, -0.15) is 0 Å². The number of carbonyl (C=O) groups excluding carboxylic acids is 1. The largest absolute Gasteiger partial charge is 0.380 e. The summed E-state index contributed by atoms with van der Waals surface area (Å²) in [6.07, 6.45) is 7.53. The highest BCUT2D eigenvalue weighted by Crippen LogP contribution is 2.23. The molecule has 0 spiro atoms. The Bertz CT molecular complexity index is 312. The van der Waals surface area contributed by atoms with Crippen molar-refractivity contribution in [3.8, 4) is 0 Å². The predicted octanol–water partition coefficient (Wildman–Crippen LogP) is 2.18. The first-order valence-corrected chi connectivity index (χ1v) is 8.19. The second kappa shape index (κ2) is 7.41. The summed E-state index contributed by atoms with van der Waals surface area (Å²) >= 11 is 0. The zero-order valence-corrected chi connectivity index (χ0v) is 13.2. The second-order valence-corrected chi connectivity index (χ2v) is 6.59. The molecular weight excluding hydrogens is 252 g/mol. The van der Waals surface area contributed by atoms with Gasteiger partial charge in [0.2, 0.25) is 5.91 Å². The molecule has 1 aliphatic heterocycles. The van der Waals surface area contributed by atoms with E-state index in [2.05, 4.69) is 5.32 Å². The average Bonchev–Trinajstić information content (AvgIpc) is 2.48. The number of carbonyl (C=O) groups is 1. The number of likely N-dealkylation sites (tertiary alicyclic amines) is 1. The molecule has 1 heterocycles. The van der Waals surface area contributed by atoms with E-state index in [9.17, 15) is 4.79 Å². The van der Waals surface area contributed by atoms with Gasteiger partial charge in [-0.3, -0.25) is 4.79 Å². The first kappa shape index (κ1) is 15.8. The van der Waals surface area contributed by atoms with Gasteiger partial charge in [0.15, 0.2) is 0 Å². The summed E-state index contributed by atoms with van der Waals surface area (Å²) in [5.74, 6) is 0.423. The van der Waals surface area contributed by atoms with E-state index >= 15 is 0 Å². The van der Waals surface area contributed by atoms with Crippen molar-refractivity contribution in [1.82, 2.24) is 10.2 Å². The molecule has 2 atom stereocenters. The first-order chi connectivity index (χ1) is 9.61. The van der Waals surface area contributed by atoms with E-state index in [1.54, 1.807) is 0 Å². The van der Waals surface area contributed by atoms with E-state index in [0.717, 1.165) is 25.9 Å². The fourth-order valence-corrected chi connectivity index (χ4v) is 3.50. The van der Waals surface area contributed by atoms with Crippen molar-refractivity contribution in [2.24, 2.45) is 5.92 Å². The van der Waals surface area contributed by atoms with Gasteiger partial charge in [-0.05, 0) is 25.7 Å². The first-order valence-electron chi connectivity index (χ1n) is 8.19. The molecule has 0 aromatic heterocycles. The molecule has 2 rings (SSSR count). The topological polar surface area (TPSA) is 41.6 Å². The van der Waals surface area contributed by atoms with E-state index in [1.165, 1.54) is 25.7 Å². The maximum Gasteiger partial charge on any atom is 0.225 e. The van der Waals surface area contributed by atoms with Crippen LogP contribution < -0.4 is 5.32 Å². The number of amides is 1. The molecule has 116 valence electrons. The Kier molecular flexibility index (Phi) is 5.85.